The van der Waals surface area contributed by atoms with Crippen LogP contribution < -0.4 is 0 Å². The summed E-state index contributed by atoms with van der Waals surface area (Å²) in [5.74, 6) is -1.85. The van der Waals surface area contributed by atoms with Crippen LogP contribution in [0.25, 0.3) is 10.6 Å². The summed E-state index contributed by atoms with van der Waals surface area (Å²) in [7, 11) is 0. The van der Waals surface area contributed by atoms with Gasteiger partial charge in [0.1, 0.15) is 11.0 Å². The smallest absolute Gasteiger partial charge is 0.320 e. The molecule has 2 N–H and O–H groups in total. The van der Waals surface area contributed by atoms with E-state index in [0.29, 0.717) is 19.4 Å². The van der Waals surface area contributed by atoms with Gasteiger partial charge in [-0.1, -0.05) is 43.7 Å². The Morgan fingerprint density at radius 1 is 1.19 bits per heavy atom. The summed E-state index contributed by atoms with van der Waals surface area (Å²) >= 11 is 1.54. The topological polar surface area (TPSA) is 90.7 Å². The van der Waals surface area contributed by atoms with Crippen molar-refractivity contribution in [3.8, 4) is 10.6 Å². The van der Waals surface area contributed by atoms with E-state index in [2.05, 4.69) is 4.98 Å². The second-order valence-electron chi connectivity index (χ2n) is 7.11. The number of thiazole rings is 1. The summed E-state index contributed by atoms with van der Waals surface area (Å²) in [6, 6.07) is 7.31. The first kappa shape index (κ1) is 21.1. The van der Waals surface area contributed by atoms with Crippen LogP contribution in [0.5, 0.6) is 0 Å². The second-order valence-corrected chi connectivity index (χ2v) is 7.97. The molecule has 0 bridgehead atoms. The van der Waals surface area contributed by atoms with Gasteiger partial charge < -0.3 is 10.2 Å². The van der Waals surface area contributed by atoms with Gasteiger partial charge in [-0.05, 0) is 19.3 Å². The molecule has 0 saturated heterocycles. The molecule has 146 valence electrons. The van der Waals surface area contributed by atoms with Crippen molar-refractivity contribution in [2.45, 2.75) is 39.7 Å². The first-order chi connectivity index (χ1) is 12.8. The van der Waals surface area contributed by atoms with E-state index in [1.54, 1.807) is 0 Å². The van der Waals surface area contributed by atoms with Crippen LogP contribution >= 0.6 is 11.3 Å². The van der Waals surface area contributed by atoms with Gasteiger partial charge in [0.25, 0.3) is 0 Å². The predicted molar refractivity (Wildman–Crippen MR) is 106 cm³/mol. The maximum Gasteiger partial charge on any atom is 0.320 e. The number of hydrogen-bond acceptors (Lipinski definition) is 5. The number of carboxylic acid groups (broad SMARTS) is 2. The van der Waals surface area contributed by atoms with E-state index < -0.39 is 18.0 Å². The molecule has 2 aromatic rings. The number of carbonyl (C=O) groups is 2. The summed E-state index contributed by atoms with van der Waals surface area (Å²) in [6.45, 7) is 5.95. The molecule has 0 aliphatic heterocycles. The van der Waals surface area contributed by atoms with Gasteiger partial charge in [0.2, 0.25) is 0 Å². The van der Waals surface area contributed by atoms with Crippen LogP contribution in [0, 0.1) is 12.8 Å². The second kappa shape index (κ2) is 9.62. The van der Waals surface area contributed by atoms with Crippen LogP contribution in [0.1, 0.15) is 31.5 Å². The summed E-state index contributed by atoms with van der Waals surface area (Å²) in [6.07, 6.45) is 0.922. The molecule has 0 aliphatic rings. The summed E-state index contributed by atoms with van der Waals surface area (Å²) in [4.78, 5) is 29.0. The van der Waals surface area contributed by atoms with E-state index >= 15 is 0 Å². The fourth-order valence-electron chi connectivity index (χ4n) is 2.88. The molecule has 1 aromatic carbocycles. The Kier molecular flexibility index (Phi) is 7.50. The van der Waals surface area contributed by atoms with Crippen molar-refractivity contribution in [1.29, 1.82) is 0 Å². The Bertz CT molecular complexity index is 771. The zero-order valence-corrected chi connectivity index (χ0v) is 16.7. The van der Waals surface area contributed by atoms with Gasteiger partial charge in [-0.3, -0.25) is 14.5 Å². The summed E-state index contributed by atoms with van der Waals surface area (Å²) < 4.78 is 0. The molecule has 1 atom stereocenters. The molecular formula is C20H26N2O4S. The van der Waals surface area contributed by atoms with E-state index in [0.717, 1.165) is 16.3 Å². The van der Waals surface area contributed by atoms with Crippen LogP contribution in [-0.2, 0) is 16.0 Å². The van der Waals surface area contributed by atoms with Crippen LogP contribution in [0.2, 0.25) is 0 Å². The first-order valence-corrected chi connectivity index (χ1v) is 9.84. The molecule has 27 heavy (non-hydrogen) atoms. The lowest BCUT2D eigenvalue weighted by Crippen LogP contribution is -2.45. The third kappa shape index (κ3) is 6.45. The molecule has 0 radical (unpaired) electrons. The van der Waals surface area contributed by atoms with E-state index in [4.69, 9.17) is 0 Å². The van der Waals surface area contributed by atoms with E-state index in [9.17, 15) is 19.8 Å². The average molecular weight is 391 g/mol. The maximum absolute atomic E-state index is 11.6. The van der Waals surface area contributed by atoms with E-state index in [1.165, 1.54) is 21.8 Å². The summed E-state index contributed by atoms with van der Waals surface area (Å²) in [5, 5.41) is 21.6. The lowest BCUT2D eigenvalue weighted by atomic mass is 10.0. The van der Waals surface area contributed by atoms with Crippen LogP contribution in [0.4, 0.5) is 0 Å². The number of aliphatic carboxylic acids is 2. The van der Waals surface area contributed by atoms with Crippen LogP contribution in [-0.4, -0.2) is 51.2 Å². The highest BCUT2D eigenvalue weighted by molar-refractivity contribution is 7.13. The monoisotopic (exact) mass is 390 g/mol. The number of aryl methyl sites for hydroxylation is 1. The van der Waals surface area contributed by atoms with E-state index in [1.807, 2.05) is 50.4 Å². The zero-order valence-electron chi connectivity index (χ0n) is 15.9. The summed E-state index contributed by atoms with van der Waals surface area (Å²) in [5.41, 5.74) is 3.08. The molecule has 0 spiro atoms. The fraction of sp³-hybridized carbons (Fsp3) is 0.450. The molecule has 1 heterocycles. The maximum atomic E-state index is 11.6. The molecule has 7 heteroatoms. The fourth-order valence-corrected chi connectivity index (χ4v) is 3.74. The lowest BCUT2D eigenvalue weighted by molar-refractivity contribution is -0.146. The molecule has 0 amide bonds. The highest BCUT2D eigenvalue weighted by Gasteiger charge is 2.28. The van der Waals surface area contributed by atoms with Gasteiger partial charge in [0, 0.05) is 23.9 Å². The highest BCUT2D eigenvalue weighted by atomic mass is 32.1. The number of nitrogens with zero attached hydrogens (tertiary/aromatic N) is 2. The largest absolute Gasteiger partial charge is 0.480 e. The lowest BCUT2D eigenvalue weighted by Gasteiger charge is -2.28. The quantitative estimate of drug-likeness (QED) is 0.645. The molecular weight excluding hydrogens is 364 g/mol. The van der Waals surface area contributed by atoms with Gasteiger partial charge in [0.15, 0.2) is 0 Å². The van der Waals surface area contributed by atoms with Crippen LogP contribution in [0.3, 0.4) is 0 Å². The van der Waals surface area contributed by atoms with Gasteiger partial charge in [0.05, 0.1) is 12.2 Å². The Morgan fingerprint density at radius 3 is 2.41 bits per heavy atom. The number of rotatable bonds is 10. The number of aromatic nitrogens is 1. The SMILES string of the molecule is Cc1ccc(-c2nc(CCN(CC(=O)O)C(CC(C)C)C(=O)O)cs2)cc1. The van der Waals surface area contributed by atoms with Gasteiger partial charge in [-0.25, -0.2) is 4.98 Å². The minimum Gasteiger partial charge on any atom is -0.480 e. The van der Waals surface area contributed by atoms with Crippen molar-refractivity contribution in [3.63, 3.8) is 0 Å². The minimum atomic E-state index is -1.02. The molecule has 1 unspecified atom stereocenters. The Morgan fingerprint density at radius 2 is 1.85 bits per heavy atom. The molecule has 2 rings (SSSR count). The third-order valence-corrected chi connectivity index (χ3v) is 5.20. The van der Waals surface area contributed by atoms with Crippen molar-refractivity contribution in [3.05, 3.63) is 40.9 Å². The number of carboxylic acids is 2. The van der Waals surface area contributed by atoms with Crippen LogP contribution in [0.15, 0.2) is 29.6 Å². The average Bonchev–Trinajstić information content (AvgIpc) is 3.05. The van der Waals surface area contributed by atoms with Gasteiger partial charge >= 0.3 is 11.9 Å². The van der Waals surface area contributed by atoms with Crippen molar-refractivity contribution < 1.29 is 19.8 Å². The highest BCUT2D eigenvalue weighted by Crippen LogP contribution is 2.24. The van der Waals surface area contributed by atoms with Crippen molar-refractivity contribution in [1.82, 2.24) is 9.88 Å². The molecule has 0 fully saturated rings. The predicted octanol–water partition coefficient (Wildman–Crippen LogP) is 3.55. The van der Waals surface area contributed by atoms with Gasteiger partial charge in [-0.15, -0.1) is 11.3 Å². The van der Waals surface area contributed by atoms with Crippen molar-refractivity contribution >= 4 is 23.3 Å². The normalized spacial score (nSPS) is 12.5. The Labute approximate surface area is 163 Å². The Balaban J connectivity index is 2.09. The molecule has 1 aromatic heterocycles. The number of hydrogen-bond donors (Lipinski definition) is 2. The first-order valence-electron chi connectivity index (χ1n) is 8.96. The third-order valence-electron chi connectivity index (χ3n) is 4.26. The molecule has 0 saturated carbocycles. The Hall–Kier alpha value is -2.25. The van der Waals surface area contributed by atoms with Gasteiger partial charge in [-0.2, -0.15) is 0 Å². The van der Waals surface area contributed by atoms with Crippen molar-refractivity contribution in [2.75, 3.05) is 13.1 Å². The van der Waals surface area contributed by atoms with E-state index in [-0.39, 0.29) is 12.5 Å². The standard InChI is InChI=1S/C20H26N2O4S/c1-13(2)10-17(20(25)26)22(11-18(23)24)9-8-16-12-27-19(21-16)15-6-4-14(3)5-7-15/h4-7,12-13,17H,8-11H2,1-3H3,(H,23,24)(H,25,26). The minimum absolute atomic E-state index is 0.162. The molecule has 0 aliphatic carbocycles. The van der Waals surface area contributed by atoms with Crippen molar-refractivity contribution in [2.24, 2.45) is 5.92 Å². The number of benzene rings is 1. The zero-order chi connectivity index (χ0) is 20.0. The molecule has 6 nitrogen and oxygen atoms in total.